The summed E-state index contributed by atoms with van der Waals surface area (Å²) in [5.41, 5.74) is 0.880. The van der Waals surface area contributed by atoms with Crippen molar-refractivity contribution in [3.05, 3.63) is 52.2 Å². The Morgan fingerprint density at radius 2 is 1.77 bits per heavy atom. The molecular weight excluding hydrogens is 368 g/mol. The van der Waals surface area contributed by atoms with E-state index in [1.165, 1.54) is 0 Å². The standard InChI is InChI=1S/C19H26N2O3S2/c1-24-19-11-5-4-9-17(19)15-21(16-18-10-8-14-25-18)26(22,23)20-12-6-2-3-7-13-20/h4-5,8-11,14H,2-3,6-7,12-13,15-16H2,1H3. The lowest BCUT2D eigenvalue weighted by Gasteiger charge is -2.29. The Morgan fingerprint density at radius 1 is 1.04 bits per heavy atom. The summed E-state index contributed by atoms with van der Waals surface area (Å²) < 4.78 is 35.4. The number of para-hydroxylation sites is 1. The molecule has 0 bridgehead atoms. The van der Waals surface area contributed by atoms with Gasteiger partial charge in [-0.2, -0.15) is 17.0 Å². The molecule has 7 heteroatoms. The zero-order valence-corrected chi connectivity index (χ0v) is 16.8. The van der Waals surface area contributed by atoms with Crippen molar-refractivity contribution < 1.29 is 13.2 Å². The highest BCUT2D eigenvalue weighted by Gasteiger charge is 2.31. The van der Waals surface area contributed by atoms with Crippen LogP contribution in [0.2, 0.25) is 0 Å². The summed E-state index contributed by atoms with van der Waals surface area (Å²) in [4.78, 5) is 1.04. The number of methoxy groups -OCH3 is 1. The summed E-state index contributed by atoms with van der Waals surface area (Å²) in [6, 6.07) is 11.6. The van der Waals surface area contributed by atoms with Crippen LogP contribution in [0.3, 0.4) is 0 Å². The van der Waals surface area contributed by atoms with Crippen LogP contribution >= 0.6 is 11.3 Å². The zero-order valence-electron chi connectivity index (χ0n) is 15.1. The highest BCUT2D eigenvalue weighted by molar-refractivity contribution is 7.86. The van der Waals surface area contributed by atoms with Gasteiger partial charge in [0.05, 0.1) is 7.11 Å². The lowest BCUT2D eigenvalue weighted by atomic mass is 10.2. The molecule has 3 rings (SSSR count). The predicted molar refractivity (Wildman–Crippen MR) is 106 cm³/mol. The van der Waals surface area contributed by atoms with Crippen molar-refractivity contribution in [2.24, 2.45) is 0 Å². The van der Waals surface area contributed by atoms with Gasteiger partial charge in [-0.3, -0.25) is 0 Å². The summed E-state index contributed by atoms with van der Waals surface area (Å²) in [6.45, 7) is 1.90. The van der Waals surface area contributed by atoms with E-state index in [9.17, 15) is 8.42 Å². The molecule has 5 nitrogen and oxygen atoms in total. The van der Waals surface area contributed by atoms with Crippen molar-refractivity contribution >= 4 is 21.5 Å². The van der Waals surface area contributed by atoms with Crippen LogP contribution in [0.25, 0.3) is 0 Å². The molecule has 26 heavy (non-hydrogen) atoms. The van der Waals surface area contributed by atoms with Gasteiger partial charge in [-0.25, -0.2) is 0 Å². The smallest absolute Gasteiger partial charge is 0.282 e. The monoisotopic (exact) mass is 394 g/mol. The number of ether oxygens (including phenoxy) is 1. The van der Waals surface area contributed by atoms with Gasteiger partial charge in [0.1, 0.15) is 5.75 Å². The van der Waals surface area contributed by atoms with Gasteiger partial charge < -0.3 is 4.74 Å². The Bertz CT molecular complexity index is 783. The fourth-order valence-electron chi connectivity index (χ4n) is 3.25. The van der Waals surface area contributed by atoms with E-state index in [4.69, 9.17) is 4.74 Å². The van der Waals surface area contributed by atoms with E-state index in [0.29, 0.717) is 26.2 Å². The molecule has 1 aliphatic rings. The average Bonchev–Trinajstić information content (AvgIpc) is 3.00. The van der Waals surface area contributed by atoms with Gasteiger partial charge >= 0.3 is 0 Å². The second kappa shape index (κ2) is 8.99. The minimum absolute atomic E-state index is 0.306. The summed E-state index contributed by atoms with van der Waals surface area (Å²) in [6.07, 6.45) is 4.06. The van der Waals surface area contributed by atoms with E-state index in [1.54, 1.807) is 27.1 Å². The second-order valence-electron chi connectivity index (χ2n) is 6.48. The van der Waals surface area contributed by atoms with E-state index in [1.807, 2.05) is 41.8 Å². The van der Waals surface area contributed by atoms with E-state index >= 15 is 0 Å². The van der Waals surface area contributed by atoms with E-state index < -0.39 is 10.2 Å². The van der Waals surface area contributed by atoms with E-state index in [-0.39, 0.29) is 0 Å². The Morgan fingerprint density at radius 3 is 2.42 bits per heavy atom. The van der Waals surface area contributed by atoms with Crippen molar-refractivity contribution in [2.75, 3.05) is 20.2 Å². The topological polar surface area (TPSA) is 49.9 Å². The molecule has 142 valence electrons. The maximum atomic E-state index is 13.4. The lowest BCUT2D eigenvalue weighted by Crippen LogP contribution is -2.43. The molecule has 2 heterocycles. The average molecular weight is 395 g/mol. The largest absolute Gasteiger partial charge is 0.496 e. The number of nitrogens with zero attached hydrogens (tertiary/aromatic N) is 2. The number of benzene rings is 1. The van der Waals surface area contributed by atoms with Crippen LogP contribution < -0.4 is 4.74 Å². The zero-order chi connectivity index (χ0) is 18.4. The van der Waals surface area contributed by atoms with Crippen molar-refractivity contribution in [2.45, 2.75) is 38.8 Å². The van der Waals surface area contributed by atoms with Crippen LogP contribution in [0.5, 0.6) is 5.75 Å². The first-order valence-corrected chi connectivity index (χ1v) is 11.3. The number of hydrogen-bond donors (Lipinski definition) is 0. The maximum Gasteiger partial charge on any atom is 0.282 e. The molecular formula is C19H26N2O3S2. The molecule has 0 aliphatic carbocycles. The summed E-state index contributed by atoms with van der Waals surface area (Å²) >= 11 is 1.58. The molecule has 0 saturated carbocycles. The lowest BCUT2D eigenvalue weighted by molar-refractivity contribution is 0.327. The van der Waals surface area contributed by atoms with Crippen LogP contribution in [0.15, 0.2) is 41.8 Å². The first kappa shape index (κ1) is 19.4. The first-order chi connectivity index (χ1) is 12.6. The number of thiophene rings is 1. The third-order valence-electron chi connectivity index (χ3n) is 4.67. The Hall–Kier alpha value is -1.41. The molecule has 0 N–H and O–H groups in total. The Kier molecular flexibility index (Phi) is 6.69. The molecule has 1 fully saturated rings. The summed E-state index contributed by atoms with van der Waals surface area (Å²) in [7, 11) is -1.91. The van der Waals surface area contributed by atoms with Gasteiger partial charge in [-0.15, -0.1) is 11.3 Å². The predicted octanol–water partition coefficient (Wildman–Crippen LogP) is 3.88. The van der Waals surface area contributed by atoms with Crippen molar-refractivity contribution in [1.82, 2.24) is 8.61 Å². The van der Waals surface area contributed by atoms with Crippen LogP contribution in [-0.2, 0) is 23.3 Å². The number of rotatable bonds is 7. The van der Waals surface area contributed by atoms with Crippen LogP contribution in [-0.4, -0.2) is 37.2 Å². The first-order valence-electron chi connectivity index (χ1n) is 9.01. The molecule has 1 aromatic heterocycles. The number of hydrogen-bond acceptors (Lipinski definition) is 4. The van der Waals surface area contributed by atoms with Crippen molar-refractivity contribution in [1.29, 1.82) is 0 Å². The third-order valence-corrected chi connectivity index (χ3v) is 7.46. The normalized spacial score (nSPS) is 16.5. The third kappa shape index (κ3) is 4.65. The molecule has 1 saturated heterocycles. The van der Waals surface area contributed by atoms with Crippen LogP contribution in [0, 0.1) is 0 Å². The molecule has 0 spiro atoms. The molecule has 2 aromatic rings. The maximum absolute atomic E-state index is 13.4. The SMILES string of the molecule is COc1ccccc1CN(Cc1cccs1)S(=O)(=O)N1CCCCCC1. The van der Waals surface area contributed by atoms with Gasteiger partial charge in [-0.05, 0) is 30.4 Å². The molecule has 0 unspecified atom stereocenters. The van der Waals surface area contributed by atoms with Gasteiger partial charge in [0.25, 0.3) is 10.2 Å². The van der Waals surface area contributed by atoms with Gasteiger partial charge in [0, 0.05) is 36.6 Å². The molecule has 1 aromatic carbocycles. The van der Waals surface area contributed by atoms with Gasteiger partial charge in [0.2, 0.25) is 0 Å². The minimum atomic E-state index is -3.53. The van der Waals surface area contributed by atoms with Crippen LogP contribution in [0.1, 0.15) is 36.1 Å². The van der Waals surface area contributed by atoms with Gasteiger partial charge in [0.15, 0.2) is 0 Å². The second-order valence-corrected chi connectivity index (χ2v) is 9.44. The van der Waals surface area contributed by atoms with E-state index in [0.717, 1.165) is 41.9 Å². The Balaban J connectivity index is 1.89. The molecule has 0 amide bonds. The fourth-order valence-corrected chi connectivity index (χ4v) is 5.71. The summed E-state index contributed by atoms with van der Waals surface area (Å²) in [5, 5.41) is 1.98. The van der Waals surface area contributed by atoms with Crippen molar-refractivity contribution in [3.8, 4) is 5.75 Å². The highest BCUT2D eigenvalue weighted by Crippen LogP contribution is 2.26. The van der Waals surface area contributed by atoms with Crippen molar-refractivity contribution in [3.63, 3.8) is 0 Å². The Labute approximate surface area is 160 Å². The molecule has 0 radical (unpaired) electrons. The quantitative estimate of drug-likeness (QED) is 0.716. The summed E-state index contributed by atoms with van der Waals surface area (Å²) in [5.74, 6) is 0.717. The minimum Gasteiger partial charge on any atom is -0.496 e. The van der Waals surface area contributed by atoms with E-state index in [2.05, 4.69) is 0 Å². The molecule has 1 aliphatic heterocycles. The van der Waals surface area contributed by atoms with Gasteiger partial charge in [-0.1, -0.05) is 37.1 Å². The fraction of sp³-hybridized carbons (Fsp3) is 0.474. The molecule has 0 atom stereocenters. The highest BCUT2D eigenvalue weighted by atomic mass is 32.2. The van der Waals surface area contributed by atoms with Crippen LogP contribution in [0.4, 0.5) is 0 Å².